The van der Waals surface area contributed by atoms with Gasteiger partial charge in [0.1, 0.15) is 0 Å². The van der Waals surface area contributed by atoms with Crippen molar-refractivity contribution in [2.45, 2.75) is 12.8 Å². The first-order chi connectivity index (χ1) is 7.27. The van der Waals surface area contributed by atoms with E-state index in [-0.39, 0.29) is 5.91 Å². The summed E-state index contributed by atoms with van der Waals surface area (Å²) in [6, 6.07) is 7.71. The van der Waals surface area contributed by atoms with Gasteiger partial charge < -0.3 is 5.32 Å². The fourth-order valence-electron chi connectivity index (χ4n) is 1.31. The topological polar surface area (TPSA) is 29.1 Å². The highest BCUT2D eigenvalue weighted by atomic mass is 16.1. The third kappa shape index (κ3) is 3.43. The molecule has 0 radical (unpaired) electrons. The summed E-state index contributed by atoms with van der Waals surface area (Å²) in [4.78, 5) is 11.4. The maximum Gasteiger partial charge on any atom is 0.228 e. The summed E-state index contributed by atoms with van der Waals surface area (Å²) in [5.74, 6) is -0.0403. The quantitative estimate of drug-likeness (QED) is 0.729. The highest BCUT2D eigenvalue weighted by Gasteiger charge is 2.03. The molecule has 1 aromatic rings. The van der Waals surface area contributed by atoms with Crippen molar-refractivity contribution in [3.05, 3.63) is 55.1 Å². The SMILES string of the molecule is C=CCC(=O)Nc1ccccc1CC=C. The fraction of sp³-hybridized carbons (Fsp3) is 0.154. The molecule has 0 spiro atoms. The lowest BCUT2D eigenvalue weighted by molar-refractivity contribution is -0.115. The van der Waals surface area contributed by atoms with Crippen LogP contribution in [0.15, 0.2) is 49.6 Å². The number of anilines is 1. The van der Waals surface area contributed by atoms with Crippen LogP contribution in [0.3, 0.4) is 0 Å². The van der Waals surface area contributed by atoms with E-state index in [0.29, 0.717) is 6.42 Å². The van der Waals surface area contributed by atoms with E-state index in [4.69, 9.17) is 0 Å². The Labute approximate surface area is 90.3 Å². The van der Waals surface area contributed by atoms with Crippen LogP contribution in [0.25, 0.3) is 0 Å². The molecule has 15 heavy (non-hydrogen) atoms. The predicted octanol–water partition coefficient (Wildman–Crippen LogP) is 2.93. The van der Waals surface area contributed by atoms with Crippen LogP contribution in [0.2, 0.25) is 0 Å². The second-order valence-corrected chi connectivity index (χ2v) is 3.19. The average Bonchev–Trinajstić information content (AvgIpc) is 2.21. The number of carbonyl (C=O) groups excluding carboxylic acids is 1. The van der Waals surface area contributed by atoms with E-state index in [1.807, 2.05) is 30.3 Å². The van der Waals surface area contributed by atoms with Crippen LogP contribution < -0.4 is 5.32 Å². The molecule has 0 atom stereocenters. The normalized spacial score (nSPS) is 9.33. The minimum atomic E-state index is -0.0403. The molecule has 2 heteroatoms. The smallest absolute Gasteiger partial charge is 0.228 e. The van der Waals surface area contributed by atoms with Crippen molar-refractivity contribution >= 4 is 11.6 Å². The third-order valence-corrected chi connectivity index (χ3v) is 1.99. The van der Waals surface area contributed by atoms with Gasteiger partial charge in [0.2, 0.25) is 5.91 Å². The number of carbonyl (C=O) groups is 1. The van der Waals surface area contributed by atoms with Crippen LogP contribution in [-0.4, -0.2) is 5.91 Å². The lowest BCUT2D eigenvalue weighted by Gasteiger charge is -2.08. The van der Waals surface area contributed by atoms with Gasteiger partial charge in [0.15, 0.2) is 0 Å². The van der Waals surface area contributed by atoms with Crippen LogP contribution >= 0.6 is 0 Å². The van der Waals surface area contributed by atoms with Gasteiger partial charge in [-0.1, -0.05) is 30.4 Å². The van der Waals surface area contributed by atoms with Crippen molar-refractivity contribution in [2.24, 2.45) is 0 Å². The number of nitrogens with one attached hydrogen (secondary N) is 1. The summed E-state index contributed by atoms with van der Waals surface area (Å²) in [6.07, 6.45) is 4.50. The van der Waals surface area contributed by atoms with Gasteiger partial charge in [0.05, 0.1) is 0 Å². The molecule has 0 aliphatic carbocycles. The lowest BCUT2D eigenvalue weighted by Crippen LogP contribution is -2.11. The summed E-state index contributed by atoms with van der Waals surface area (Å²) in [7, 11) is 0. The van der Waals surface area contributed by atoms with E-state index < -0.39 is 0 Å². The van der Waals surface area contributed by atoms with Crippen molar-refractivity contribution in [3.63, 3.8) is 0 Å². The van der Waals surface area contributed by atoms with Crippen molar-refractivity contribution in [3.8, 4) is 0 Å². The molecule has 78 valence electrons. The van der Waals surface area contributed by atoms with Gasteiger partial charge in [-0.25, -0.2) is 0 Å². The Hall–Kier alpha value is -1.83. The Morgan fingerprint density at radius 3 is 2.67 bits per heavy atom. The summed E-state index contributed by atoms with van der Waals surface area (Å²) >= 11 is 0. The minimum absolute atomic E-state index is 0.0403. The van der Waals surface area contributed by atoms with Gasteiger partial charge >= 0.3 is 0 Å². The number of allylic oxidation sites excluding steroid dienone is 1. The molecule has 0 saturated carbocycles. The molecular formula is C13H15NO. The van der Waals surface area contributed by atoms with Crippen molar-refractivity contribution < 1.29 is 4.79 Å². The number of hydrogen-bond donors (Lipinski definition) is 1. The monoisotopic (exact) mass is 201 g/mol. The number of hydrogen-bond acceptors (Lipinski definition) is 1. The first-order valence-corrected chi connectivity index (χ1v) is 4.87. The van der Waals surface area contributed by atoms with Crippen molar-refractivity contribution in [2.75, 3.05) is 5.32 Å². The molecule has 0 aliphatic heterocycles. The molecule has 0 saturated heterocycles. The molecule has 0 unspecified atom stereocenters. The predicted molar refractivity (Wildman–Crippen MR) is 63.8 cm³/mol. The number of benzene rings is 1. The molecule has 0 aliphatic rings. The Morgan fingerprint density at radius 1 is 1.27 bits per heavy atom. The summed E-state index contributed by atoms with van der Waals surface area (Å²) < 4.78 is 0. The first-order valence-electron chi connectivity index (χ1n) is 4.87. The van der Waals surface area contributed by atoms with Gasteiger partial charge in [0.25, 0.3) is 0 Å². The molecule has 1 amide bonds. The standard InChI is InChI=1S/C13H15NO/c1-3-7-11-9-5-6-10-12(11)14-13(15)8-4-2/h3-6,9-10H,1-2,7-8H2,(H,14,15). The van der Waals surface area contributed by atoms with E-state index in [9.17, 15) is 4.79 Å². The Morgan fingerprint density at radius 2 is 2.00 bits per heavy atom. The molecule has 0 bridgehead atoms. The molecule has 1 N–H and O–H groups in total. The molecule has 1 rings (SSSR count). The zero-order chi connectivity index (χ0) is 11.1. The minimum Gasteiger partial charge on any atom is -0.326 e. The average molecular weight is 201 g/mol. The van der Waals surface area contributed by atoms with E-state index in [1.54, 1.807) is 6.08 Å². The Bertz CT molecular complexity index is 369. The van der Waals surface area contributed by atoms with Gasteiger partial charge in [0, 0.05) is 12.1 Å². The molecule has 0 fully saturated rings. The maximum atomic E-state index is 11.4. The van der Waals surface area contributed by atoms with Gasteiger partial charge in [-0.05, 0) is 18.1 Å². The Balaban J connectivity index is 2.78. The van der Waals surface area contributed by atoms with Gasteiger partial charge in [-0.15, -0.1) is 13.2 Å². The van der Waals surface area contributed by atoms with Crippen molar-refractivity contribution in [1.29, 1.82) is 0 Å². The van der Waals surface area contributed by atoms with E-state index in [0.717, 1.165) is 17.7 Å². The van der Waals surface area contributed by atoms with Gasteiger partial charge in [-0.2, -0.15) is 0 Å². The van der Waals surface area contributed by atoms with Crippen LogP contribution in [0.1, 0.15) is 12.0 Å². The van der Waals surface area contributed by atoms with Gasteiger partial charge in [-0.3, -0.25) is 4.79 Å². The second kappa shape index (κ2) is 5.81. The third-order valence-electron chi connectivity index (χ3n) is 1.99. The molecule has 0 heterocycles. The van der Waals surface area contributed by atoms with Crippen LogP contribution in [0, 0.1) is 0 Å². The largest absolute Gasteiger partial charge is 0.326 e. The lowest BCUT2D eigenvalue weighted by atomic mass is 10.1. The zero-order valence-corrected chi connectivity index (χ0v) is 8.70. The van der Waals surface area contributed by atoms with E-state index in [2.05, 4.69) is 18.5 Å². The molecule has 1 aromatic carbocycles. The van der Waals surface area contributed by atoms with E-state index >= 15 is 0 Å². The number of rotatable bonds is 5. The highest BCUT2D eigenvalue weighted by molar-refractivity contribution is 5.92. The highest BCUT2D eigenvalue weighted by Crippen LogP contribution is 2.16. The second-order valence-electron chi connectivity index (χ2n) is 3.19. The fourth-order valence-corrected chi connectivity index (χ4v) is 1.31. The van der Waals surface area contributed by atoms with Crippen LogP contribution in [-0.2, 0) is 11.2 Å². The number of para-hydroxylation sites is 1. The molecule has 2 nitrogen and oxygen atoms in total. The first kappa shape index (κ1) is 11.2. The maximum absolute atomic E-state index is 11.4. The summed E-state index contributed by atoms with van der Waals surface area (Å²) in [5, 5.41) is 2.84. The molecule has 0 aromatic heterocycles. The molecular weight excluding hydrogens is 186 g/mol. The van der Waals surface area contributed by atoms with E-state index in [1.165, 1.54) is 0 Å². The van der Waals surface area contributed by atoms with Crippen LogP contribution in [0.5, 0.6) is 0 Å². The van der Waals surface area contributed by atoms with Crippen LogP contribution in [0.4, 0.5) is 5.69 Å². The number of amides is 1. The summed E-state index contributed by atoms with van der Waals surface area (Å²) in [5.41, 5.74) is 1.93. The zero-order valence-electron chi connectivity index (χ0n) is 8.70. The van der Waals surface area contributed by atoms with Crippen molar-refractivity contribution in [1.82, 2.24) is 0 Å². The Kier molecular flexibility index (Phi) is 4.35. The summed E-state index contributed by atoms with van der Waals surface area (Å²) in [6.45, 7) is 7.21.